The summed E-state index contributed by atoms with van der Waals surface area (Å²) in [7, 11) is 0. The third kappa shape index (κ3) is 2.77. The Hall–Kier alpha value is -1.52. The maximum absolute atomic E-state index is 11.2. The van der Waals surface area contributed by atoms with E-state index in [0.29, 0.717) is 0 Å². The van der Waals surface area contributed by atoms with Crippen molar-refractivity contribution in [2.45, 2.75) is 26.4 Å². The molecule has 1 aromatic rings. The van der Waals surface area contributed by atoms with E-state index >= 15 is 0 Å². The molecule has 0 aliphatic carbocycles. The SMILES string of the molecule is CC(C)(C)OC(=O)c1cc(=O)[nH]o1. The van der Waals surface area contributed by atoms with Crippen LogP contribution in [0.25, 0.3) is 0 Å². The summed E-state index contributed by atoms with van der Waals surface area (Å²) in [6.45, 7) is 5.20. The Morgan fingerprint density at radius 2 is 2.15 bits per heavy atom. The molecule has 72 valence electrons. The second-order valence-electron chi connectivity index (χ2n) is 3.58. The van der Waals surface area contributed by atoms with Crippen molar-refractivity contribution in [2.24, 2.45) is 0 Å². The Bertz CT molecular complexity index is 355. The molecule has 0 bridgehead atoms. The van der Waals surface area contributed by atoms with Crippen LogP contribution < -0.4 is 5.56 Å². The van der Waals surface area contributed by atoms with E-state index in [0.717, 1.165) is 6.07 Å². The fraction of sp³-hybridized carbons (Fsp3) is 0.500. The minimum absolute atomic E-state index is 0.111. The molecule has 1 N–H and O–H groups in total. The maximum atomic E-state index is 11.2. The van der Waals surface area contributed by atoms with Crippen molar-refractivity contribution in [3.63, 3.8) is 0 Å². The first kappa shape index (κ1) is 9.57. The fourth-order valence-electron chi connectivity index (χ4n) is 0.712. The molecular weight excluding hydrogens is 174 g/mol. The zero-order valence-electron chi connectivity index (χ0n) is 7.71. The summed E-state index contributed by atoms with van der Waals surface area (Å²) in [5, 5.41) is 2.00. The van der Waals surface area contributed by atoms with Gasteiger partial charge in [0.05, 0.1) is 6.07 Å². The second kappa shape index (κ2) is 3.08. The van der Waals surface area contributed by atoms with Gasteiger partial charge in [-0.1, -0.05) is 0 Å². The van der Waals surface area contributed by atoms with Crippen molar-refractivity contribution in [1.29, 1.82) is 0 Å². The lowest BCUT2D eigenvalue weighted by Gasteiger charge is -2.17. The number of aromatic nitrogens is 1. The smallest absolute Gasteiger partial charge is 0.377 e. The van der Waals surface area contributed by atoms with Crippen molar-refractivity contribution < 1.29 is 14.1 Å². The molecule has 0 fully saturated rings. The normalized spacial score (nSPS) is 11.3. The first-order chi connectivity index (χ1) is 5.88. The predicted octanol–water partition coefficient (Wildman–Crippen LogP) is 0.923. The van der Waals surface area contributed by atoms with Crippen molar-refractivity contribution in [1.82, 2.24) is 5.16 Å². The molecular formula is C8H11NO4. The number of rotatable bonds is 1. The van der Waals surface area contributed by atoms with E-state index in [1.54, 1.807) is 20.8 Å². The molecule has 1 heterocycles. The summed E-state index contributed by atoms with van der Waals surface area (Å²) in [6.07, 6.45) is 0. The summed E-state index contributed by atoms with van der Waals surface area (Å²) in [6, 6.07) is 1.05. The van der Waals surface area contributed by atoms with E-state index in [9.17, 15) is 9.59 Å². The van der Waals surface area contributed by atoms with Gasteiger partial charge in [0.15, 0.2) is 0 Å². The predicted molar refractivity (Wildman–Crippen MR) is 44.5 cm³/mol. The molecule has 0 saturated carbocycles. The standard InChI is InChI=1S/C8H11NO4/c1-8(2,3)12-7(11)5-4-6(10)9-13-5/h4H,1-3H3,(H,9,10). The maximum Gasteiger partial charge on any atom is 0.377 e. The average Bonchev–Trinajstić information content (AvgIpc) is 2.31. The molecule has 5 nitrogen and oxygen atoms in total. The van der Waals surface area contributed by atoms with Crippen molar-refractivity contribution in [3.8, 4) is 0 Å². The van der Waals surface area contributed by atoms with Gasteiger partial charge in [-0.25, -0.2) is 4.79 Å². The van der Waals surface area contributed by atoms with Gasteiger partial charge < -0.3 is 9.26 Å². The summed E-state index contributed by atoms with van der Waals surface area (Å²) in [5.74, 6) is -0.759. The van der Waals surface area contributed by atoms with Crippen LogP contribution in [0.2, 0.25) is 0 Å². The third-order valence-electron chi connectivity index (χ3n) is 1.12. The molecule has 0 radical (unpaired) electrons. The first-order valence-corrected chi connectivity index (χ1v) is 3.80. The van der Waals surface area contributed by atoms with Gasteiger partial charge in [-0.2, -0.15) is 5.16 Å². The number of nitrogens with one attached hydrogen (secondary N) is 1. The van der Waals surface area contributed by atoms with Gasteiger partial charge in [0, 0.05) is 0 Å². The zero-order valence-corrected chi connectivity index (χ0v) is 7.71. The number of aromatic amines is 1. The molecule has 0 aliphatic heterocycles. The lowest BCUT2D eigenvalue weighted by atomic mass is 10.2. The highest BCUT2D eigenvalue weighted by Gasteiger charge is 2.20. The van der Waals surface area contributed by atoms with Crippen LogP contribution >= 0.6 is 0 Å². The highest BCUT2D eigenvalue weighted by molar-refractivity contribution is 5.86. The molecule has 1 aromatic heterocycles. The number of esters is 1. The van der Waals surface area contributed by atoms with Crippen LogP contribution in [-0.4, -0.2) is 16.7 Å². The molecule has 0 unspecified atom stereocenters. The van der Waals surface area contributed by atoms with Crippen molar-refractivity contribution in [2.75, 3.05) is 0 Å². The lowest BCUT2D eigenvalue weighted by Crippen LogP contribution is -2.23. The van der Waals surface area contributed by atoms with Gasteiger partial charge in [0.2, 0.25) is 5.76 Å². The van der Waals surface area contributed by atoms with Crippen molar-refractivity contribution >= 4 is 5.97 Å². The number of carbonyl (C=O) groups is 1. The molecule has 5 heteroatoms. The van der Waals surface area contributed by atoms with Gasteiger partial charge in [-0.3, -0.25) is 4.79 Å². The highest BCUT2D eigenvalue weighted by atomic mass is 16.6. The molecule has 0 amide bonds. The monoisotopic (exact) mass is 185 g/mol. The van der Waals surface area contributed by atoms with Crippen LogP contribution in [0.3, 0.4) is 0 Å². The summed E-state index contributed by atoms with van der Waals surface area (Å²) < 4.78 is 9.51. The molecule has 0 saturated heterocycles. The molecule has 0 aromatic carbocycles. The Labute approximate surface area is 74.7 Å². The van der Waals surface area contributed by atoms with E-state index in [-0.39, 0.29) is 5.76 Å². The first-order valence-electron chi connectivity index (χ1n) is 3.80. The molecule has 0 atom stereocenters. The highest BCUT2D eigenvalue weighted by Crippen LogP contribution is 2.10. The number of hydrogen-bond donors (Lipinski definition) is 1. The van der Waals surface area contributed by atoms with Gasteiger partial charge in [-0.05, 0) is 20.8 Å². The van der Waals surface area contributed by atoms with Crippen LogP contribution in [0.1, 0.15) is 31.3 Å². The van der Waals surface area contributed by atoms with Crippen LogP contribution in [0, 0.1) is 0 Å². The minimum atomic E-state index is -0.647. The number of carbonyl (C=O) groups excluding carboxylic acids is 1. The summed E-state index contributed by atoms with van der Waals surface area (Å²) >= 11 is 0. The average molecular weight is 185 g/mol. The largest absolute Gasteiger partial charge is 0.454 e. The van der Waals surface area contributed by atoms with E-state index in [1.807, 2.05) is 5.16 Å². The van der Waals surface area contributed by atoms with E-state index in [4.69, 9.17) is 4.74 Å². The number of H-pyrrole nitrogens is 1. The van der Waals surface area contributed by atoms with Crippen LogP contribution in [0.5, 0.6) is 0 Å². The van der Waals surface area contributed by atoms with Gasteiger partial charge in [-0.15, -0.1) is 0 Å². The van der Waals surface area contributed by atoms with E-state index < -0.39 is 17.1 Å². The van der Waals surface area contributed by atoms with Crippen molar-refractivity contribution in [3.05, 3.63) is 22.2 Å². The molecule has 13 heavy (non-hydrogen) atoms. The minimum Gasteiger partial charge on any atom is -0.454 e. The lowest BCUT2D eigenvalue weighted by molar-refractivity contribution is 0.00276. The molecule has 0 spiro atoms. The molecule has 1 rings (SSSR count). The van der Waals surface area contributed by atoms with E-state index in [1.165, 1.54) is 0 Å². The zero-order chi connectivity index (χ0) is 10.1. The van der Waals surface area contributed by atoms with Gasteiger partial charge in [0.1, 0.15) is 5.60 Å². The van der Waals surface area contributed by atoms with Gasteiger partial charge >= 0.3 is 5.97 Å². The Morgan fingerprint density at radius 1 is 1.54 bits per heavy atom. The number of ether oxygens (including phenoxy) is 1. The van der Waals surface area contributed by atoms with Crippen LogP contribution in [-0.2, 0) is 4.74 Å². The van der Waals surface area contributed by atoms with Gasteiger partial charge in [0.25, 0.3) is 5.56 Å². The van der Waals surface area contributed by atoms with Crippen LogP contribution in [0.15, 0.2) is 15.4 Å². The quantitative estimate of drug-likeness (QED) is 0.660. The van der Waals surface area contributed by atoms with Crippen LogP contribution in [0.4, 0.5) is 0 Å². The topological polar surface area (TPSA) is 72.3 Å². The Kier molecular flexibility index (Phi) is 2.27. The van der Waals surface area contributed by atoms with E-state index in [2.05, 4.69) is 4.52 Å². The molecule has 0 aliphatic rings. The third-order valence-corrected chi connectivity index (χ3v) is 1.12. The summed E-state index contributed by atoms with van der Waals surface area (Å²) in [4.78, 5) is 21.8. The number of hydrogen-bond acceptors (Lipinski definition) is 4. The fourth-order valence-corrected chi connectivity index (χ4v) is 0.712. The Morgan fingerprint density at radius 3 is 2.54 bits per heavy atom. The second-order valence-corrected chi connectivity index (χ2v) is 3.58. The Balaban J connectivity index is 2.75. The summed E-state index contributed by atoms with van der Waals surface area (Å²) in [5.41, 5.74) is -1.05.